The van der Waals surface area contributed by atoms with Gasteiger partial charge in [0, 0.05) is 0 Å². The summed E-state index contributed by atoms with van der Waals surface area (Å²) >= 11 is 0. The van der Waals surface area contributed by atoms with Crippen molar-refractivity contribution in [1.82, 2.24) is 0 Å². The van der Waals surface area contributed by atoms with Gasteiger partial charge in [-0.2, -0.15) is 65.9 Å². The predicted molar refractivity (Wildman–Crippen MR) is 136 cm³/mol. The maximum atomic E-state index is 12.8. The first-order valence-corrected chi connectivity index (χ1v) is 13.8. The predicted octanol–water partition coefficient (Wildman–Crippen LogP) is 8.82. The van der Waals surface area contributed by atoms with Gasteiger partial charge in [0.15, 0.2) is 14.7 Å². The summed E-state index contributed by atoms with van der Waals surface area (Å²) in [5, 5.41) is 9.61. The van der Waals surface area contributed by atoms with Crippen molar-refractivity contribution in [2.45, 2.75) is 77.2 Å². The Kier molecular flexibility index (Phi) is 11.1. The standard InChI is InChI=1S/C21H21S.C8HF15O2/c1-16-4-10-19(11-5-16)22(20-12-6-17(2)7-13-20)21-14-8-18(3)9-15-21;9-2(10,1(24)25)3(11,12)4(13,14)5(15,16)6(17,18)7(19,20)8(21,22)23/h4-15H,1-3H3;(H,24,25)/q+1;/p-1. The average Bonchev–Trinajstić information content (AvgIpc) is 2.95. The second kappa shape index (κ2) is 13.1. The van der Waals surface area contributed by atoms with Gasteiger partial charge in [-0.1, -0.05) is 53.1 Å². The molecule has 0 amide bonds. The minimum Gasteiger partial charge on any atom is -0.544 e. The summed E-state index contributed by atoms with van der Waals surface area (Å²) in [7, 11) is -0.0394. The highest BCUT2D eigenvalue weighted by Gasteiger charge is 2.93. The molecular formula is C29H21F15O2S. The average molecular weight is 719 g/mol. The summed E-state index contributed by atoms with van der Waals surface area (Å²) in [4.78, 5) is 13.7. The molecule has 0 spiro atoms. The topological polar surface area (TPSA) is 40.1 Å². The number of carboxylic acid groups (broad SMARTS) is 1. The summed E-state index contributed by atoms with van der Waals surface area (Å²) in [5.74, 6) is -53.3. The number of halogens is 15. The second-order valence-corrected chi connectivity index (χ2v) is 12.0. The Bertz CT molecular complexity index is 1410. The van der Waals surface area contributed by atoms with Crippen molar-refractivity contribution in [1.29, 1.82) is 0 Å². The monoisotopic (exact) mass is 718 g/mol. The Labute approximate surface area is 259 Å². The van der Waals surface area contributed by atoms with E-state index in [4.69, 9.17) is 0 Å². The van der Waals surface area contributed by atoms with Crippen LogP contribution in [0.5, 0.6) is 0 Å². The van der Waals surface area contributed by atoms with E-state index in [1.165, 1.54) is 31.4 Å². The number of rotatable bonds is 9. The molecule has 3 aromatic carbocycles. The van der Waals surface area contributed by atoms with Gasteiger partial charge in [0.1, 0.15) is 5.97 Å². The van der Waals surface area contributed by atoms with E-state index in [0.29, 0.717) is 0 Å². The Morgan fingerprint density at radius 2 is 0.681 bits per heavy atom. The molecule has 0 atom stereocenters. The molecule has 0 unspecified atom stereocenters. The molecule has 0 radical (unpaired) electrons. The molecule has 47 heavy (non-hydrogen) atoms. The van der Waals surface area contributed by atoms with E-state index in [9.17, 15) is 75.8 Å². The molecule has 0 bridgehead atoms. The molecule has 0 N–H and O–H groups in total. The minimum atomic E-state index is -8.50. The minimum absolute atomic E-state index is 0.0394. The van der Waals surface area contributed by atoms with Crippen LogP contribution < -0.4 is 5.11 Å². The lowest BCUT2D eigenvalue weighted by Crippen LogP contribution is -2.74. The highest BCUT2D eigenvalue weighted by Crippen LogP contribution is 2.62. The van der Waals surface area contributed by atoms with Crippen LogP contribution in [0.25, 0.3) is 0 Å². The third-order valence-electron chi connectivity index (χ3n) is 6.35. The molecule has 0 saturated carbocycles. The van der Waals surface area contributed by atoms with Gasteiger partial charge in [-0.3, -0.25) is 0 Å². The first-order valence-electron chi connectivity index (χ1n) is 12.6. The summed E-state index contributed by atoms with van der Waals surface area (Å²) < 4.78 is 186. The number of carbonyl (C=O) groups excluding carboxylic acids is 1. The molecule has 0 heterocycles. The normalized spacial score (nSPS) is 13.7. The summed E-state index contributed by atoms with van der Waals surface area (Å²) in [6.45, 7) is 6.42. The van der Waals surface area contributed by atoms with Crippen LogP contribution in [0.4, 0.5) is 65.9 Å². The number of aliphatic carboxylic acids is 1. The van der Waals surface area contributed by atoms with Crippen molar-refractivity contribution in [3.8, 4) is 0 Å². The molecule has 3 aromatic rings. The molecule has 0 aliphatic heterocycles. The molecule has 0 fully saturated rings. The first-order chi connectivity index (χ1) is 21.1. The smallest absolute Gasteiger partial charge is 0.460 e. The third kappa shape index (κ3) is 7.16. The zero-order valence-corrected chi connectivity index (χ0v) is 24.6. The summed E-state index contributed by atoms with van der Waals surface area (Å²) in [6, 6.07) is 26.8. The molecule has 260 valence electrons. The molecule has 18 heteroatoms. The number of benzene rings is 3. The van der Waals surface area contributed by atoms with E-state index >= 15 is 0 Å². The van der Waals surface area contributed by atoms with Crippen molar-refractivity contribution in [3.63, 3.8) is 0 Å². The number of carboxylic acids is 1. The molecule has 2 nitrogen and oxygen atoms in total. The number of alkyl halides is 15. The Morgan fingerprint density at radius 3 is 0.915 bits per heavy atom. The Hall–Kier alpha value is -3.57. The van der Waals surface area contributed by atoms with Gasteiger partial charge in [0.2, 0.25) is 0 Å². The number of hydrogen-bond donors (Lipinski definition) is 0. The van der Waals surface area contributed by atoms with Gasteiger partial charge < -0.3 is 9.90 Å². The van der Waals surface area contributed by atoms with Crippen LogP contribution in [-0.4, -0.2) is 47.7 Å². The lowest BCUT2D eigenvalue weighted by Gasteiger charge is -2.41. The highest BCUT2D eigenvalue weighted by atomic mass is 32.2. The number of aryl methyl sites for hydroxylation is 3. The van der Waals surface area contributed by atoms with E-state index in [1.807, 2.05) is 0 Å². The van der Waals surface area contributed by atoms with Gasteiger partial charge >= 0.3 is 41.7 Å². The first kappa shape index (κ1) is 39.6. The van der Waals surface area contributed by atoms with Crippen LogP contribution in [0.15, 0.2) is 87.5 Å². The molecular weight excluding hydrogens is 697 g/mol. The maximum absolute atomic E-state index is 12.8. The van der Waals surface area contributed by atoms with Gasteiger partial charge in [-0.15, -0.1) is 0 Å². The lowest BCUT2D eigenvalue weighted by molar-refractivity contribution is -0.454. The van der Waals surface area contributed by atoms with Crippen molar-refractivity contribution < 1.29 is 75.8 Å². The van der Waals surface area contributed by atoms with E-state index in [0.717, 1.165) is 0 Å². The molecule has 0 aliphatic rings. The Balaban J connectivity index is 0.000000328. The largest absolute Gasteiger partial charge is 0.544 e. The lowest BCUT2D eigenvalue weighted by atomic mass is 9.91. The maximum Gasteiger partial charge on any atom is 0.460 e. The van der Waals surface area contributed by atoms with Crippen LogP contribution >= 0.6 is 0 Å². The Morgan fingerprint density at radius 1 is 0.447 bits per heavy atom. The van der Waals surface area contributed by atoms with Crippen molar-refractivity contribution in [2.24, 2.45) is 0 Å². The fraction of sp³-hybridized carbons (Fsp3) is 0.345. The molecule has 0 saturated heterocycles. The van der Waals surface area contributed by atoms with E-state index in [1.54, 1.807) is 0 Å². The number of carbonyl (C=O) groups is 1. The zero-order chi connectivity index (χ0) is 36.6. The van der Waals surface area contributed by atoms with Crippen molar-refractivity contribution >= 4 is 16.9 Å². The van der Waals surface area contributed by atoms with Gasteiger partial charge in [-0.05, 0) is 57.2 Å². The van der Waals surface area contributed by atoms with E-state index in [2.05, 4.69) is 93.6 Å². The summed E-state index contributed by atoms with van der Waals surface area (Å²) in [5.41, 5.74) is 3.92. The zero-order valence-electron chi connectivity index (χ0n) is 23.8. The van der Waals surface area contributed by atoms with Crippen molar-refractivity contribution in [3.05, 3.63) is 89.5 Å². The van der Waals surface area contributed by atoms with Crippen LogP contribution in [0.3, 0.4) is 0 Å². The SMILES string of the molecule is Cc1ccc([S+](c2ccc(C)cc2)c2ccc(C)cc2)cc1.O=C([O-])C(F)(F)C(F)(F)C(F)(F)C(F)(F)C(F)(F)C(F)(F)C(F)(F)F. The molecule has 0 aliphatic carbocycles. The fourth-order valence-corrected chi connectivity index (χ4v) is 5.57. The second-order valence-electron chi connectivity index (χ2n) is 9.98. The van der Waals surface area contributed by atoms with Crippen LogP contribution in [0.1, 0.15) is 16.7 Å². The highest BCUT2D eigenvalue weighted by molar-refractivity contribution is 7.97. The fourth-order valence-electron chi connectivity index (χ4n) is 3.53. The molecule has 3 rings (SSSR count). The summed E-state index contributed by atoms with van der Waals surface area (Å²) in [6.07, 6.45) is -7.71. The van der Waals surface area contributed by atoms with Crippen LogP contribution in [0, 0.1) is 20.8 Å². The van der Waals surface area contributed by atoms with Gasteiger partial charge in [0.25, 0.3) is 0 Å². The van der Waals surface area contributed by atoms with Crippen LogP contribution in [0.2, 0.25) is 0 Å². The van der Waals surface area contributed by atoms with E-state index < -0.39 is 47.7 Å². The van der Waals surface area contributed by atoms with Crippen molar-refractivity contribution in [2.75, 3.05) is 0 Å². The van der Waals surface area contributed by atoms with E-state index in [-0.39, 0.29) is 10.9 Å². The molecule has 0 aromatic heterocycles. The third-order valence-corrected chi connectivity index (χ3v) is 8.58. The van der Waals surface area contributed by atoms with Gasteiger partial charge in [-0.25, -0.2) is 0 Å². The van der Waals surface area contributed by atoms with Crippen LogP contribution in [-0.2, 0) is 15.7 Å². The quantitative estimate of drug-likeness (QED) is 0.164. The van der Waals surface area contributed by atoms with Gasteiger partial charge in [0.05, 0.1) is 10.9 Å². The number of hydrogen-bond acceptors (Lipinski definition) is 2.